The Balaban J connectivity index is 2.81. The van der Waals surface area contributed by atoms with Gasteiger partial charge in [0.2, 0.25) is 0 Å². The van der Waals surface area contributed by atoms with Crippen LogP contribution in [0.2, 0.25) is 0 Å². The van der Waals surface area contributed by atoms with Crippen LogP contribution in [-0.2, 0) is 6.42 Å². The van der Waals surface area contributed by atoms with E-state index < -0.39 is 0 Å². The predicted molar refractivity (Wildman–Crippen MR) is 64.1 cm³/mol. The Morgan fingerprint density at radius 2 is 2.00 bits per heavy atom. The minimum atomic E-state index is -0.0295. The monoisotopic (exact) mass is 235 g/mol. The van der Waals surface area contributed by atoms with Gasteiger partial charge in [0.05, 0.1) is 20.3 Å². The van der Waals surface area contributed by atoms with E-state index in [1.165, 1.54) is 0 Å². The Bertz CT molecular complexity index is 398. The standard InChI is InChI=1S/C13H17NO3/c1-16-12-4-3-10(8-13(12)17-2)7-11(9-15)5-6-14/h3-4,8,11,15H,5,7,9H2,1-2H3/t11-/m0/s1. The van der Waals surface area contributed by atoms with Crippen LogP contribution in [0.3, 0.4) is 0 Å². The summed E-state index contributed by atoms with van der Waals surface area (Å²) in [6, 6.07) is 7.69. The van der Waals surface area contributed by atoms with E-state index >= 15 is 0 Å². The van der Waals surface area contributed by atoms with Crippen LogP contribution in [0.15, 0.2) is 18.2 Å². The van der Waals surface area contributed by atoms with Gasteiger partial charge in [-0.05, 0) is 30.0 Å². The van der Waals surface area contributed by atoms with Crippen molar-refractivity contribution in [3.8, 4) is 17.6 Å². The van der Waals surface area contributed by atoms with Crippen LogP contribution in [0.25, 0.3) is 0 Å². The van der Waals surface area contributed by atoms with Crippen LogP contribution >= 0.6 is 0 Å². The molecule has 92 valence electrons. The van der Waals surface area contributed by atoms with Gasteiger partial charge in [0.25, 0.3) is 0 Å². The van der Waals surface area contributed by atoms with Gasteiger partial charge in [0.15, 0.2) is 11.5 Å². The van der Waals surface area contributed by atoms with E-state index in [0.717, 1.165) is 5.56 Å². The number of aliphatic hydroxyl groups excluding tert-OH is 1. The largest absolute Gasteiger partial charge is 0.493 e. The zero-order valence-electron chi connectivity index (χ0n) is 10.1. The topological polar surface area (TPSA) is 62.5 Å². The van der Waals surface area contributed by atoms with Gasteiger partial charge < -0.3 is 14.6 Å². The molecule has 0 bridgehead atoms. The van der Waals surface area contributed by atoms with Crippen molar-refractivity contribution in [1.82, 2.24) is 0 Å². The van der Waals surface area contributed by atoms with E-state index in [2.05, 4.69) is 6.07 Å². The van der Waals surface area contributed by atoms with Crippen LogP contribution in [0, 0.1) is 17.2 Å². The smallest absolute Gasteiger partial charge is 0.160 e. The molecule has 0 saturated heterocycles. The number of aliphatic hydroxyl groups is 1. The highest BCUT2D eigenvalue weighted by Gasteiger charge is 2.10. The lowest BCUT2D eigenvalue weighted by molar-refractivity contribution is 0.228. The molecule has 1 N–H and O–H groups in total. The number of hydrogen-bond acceptors (Lipinski definition) is 4. The first-order valence-corrected chi connectivity index (χ1v) is 5.43. The quantitative estimate of drug-likeness (QED) is 0.816. The molecule has 0 aliphatic carbocycles. The second kappa shape index (κ2) is 6.77. The molecular weight excluding hydrogens is 218 g/mol. The minimum absolute atomic E-state index is 0.0158. The summed E-state index contributed by atoms with van der Waals surface area (Å²) in [5.41, 5.74) is 1.02. The van der Waals surface area contributed by atoms with Crippen molar-refractivity contribution >= 4 is 0 Å². The summed E-state index contributed by atoms with van der Waals surface area (Å²) < 4.78 is 10.3. The molecule has 1 aromatic rings. The first kappa shape index (κ1) is 13.3. The van der Waals surface area contributed by atoms with Gasteiger partial charge >= 0.3 is 0 Å². The maximum Gasteiger partial charge on any atom is 0.160 e. The molecule has 0 radical (unpaired) electrons. The minimum Gasteiger partial charge on any atom is -0.493 e. The summed E-state index contributed by atoms with van der Waals surface area (Å²) in [6.45, 7) is 0.0158. The molecule has 4 heteroatoms. The highest BCUT2D eigenvalue weighted by Crippen LogP contribution is 2.28. The van der Waals surface area contributed by atoms with E-state index in [-0.39, 0.29) is 12.5 Å². The van der Waals surface area contributed by atoms with E-state index in [0.29, 0.717) is 24.3 Å². The molecule has 0 spiro atoms. The molecule has 17 heavy (non-hydrogen) atoms. The van der Waals surface area contributed by atoms with Crippen LogP contribution in [0.4, 0.5) is 0 Å². The molecule has 0 saturated carbocycles. The van der Waals surface area contributed by atoms with Gasteiger partial charge in [-0.1, -0.05) is 6.07 Å². The van der Waals surface area contributed by atoms with E-state index in [1.807, 2.05) is 18.2 Å². The normalized spacial score (nSPS) is 11.6. The number of nitrogens with zero attached hydrogens (tertiary/aromatic N) is 1. The number of rotatable bonds is 6. The summed E-state index contributed by atoms with van der Waals surface area (Å²) in [4.78, 5) is 0. The first-order chi connectivity index (χ1) is 8.24. The number of hydrogen-bond donors (Lipinski definition) is 1. The fraction of sp³-hybridized carbons (Fsp3) is 0.462. The number of methoxy groups -OCH3 is 2. The van der Waals surface area contributed by atoms with Crippen molar-refractivity contribution < 1.29 is 14.6 Å². The summed E-state index contributed by atoms with van der Waals surface area (Å²) >= 11 is 0. The second-order valence-corrected chi connectivity index (χ2v) is 3.80. The van der Waals surface area contributed by atoms with Crippen molar-refractivity contribution in [2.45, 2.75) is 12.8 Å². The van der Waals surface area contributed by atoms with Gasteiger partial charge in [0.1, 0.15) is 0 Å². The van der Waals surface area contributed by atoms with Crippen molar-refractivity contribution in [2.24, 2.45) is 5.92 Å². The fourth-order valence-electron chi connectivity index (χ4n) is 1.67. The third kappa shape index (κ3) is 3.65. The molecule has 0 aliphatic rings. The van der Waals surface area contributed by atoms with E-state index in [9.17, 15) is 0 Å². The summed E-state index contributed by atoms with van der Waals surface area (Å²) in [7, 11) is 3.17. The molecular formula is C13H17NO3. The molecule has 0 heterocycles. The molecule has 0 amide bonds. The molecule has 1 atom stereocenters. The Hall–Kier alpha value is -1.73. The van der Waals surface area contributed by atoms with Crippen LogP contribution in [0.5, 0.6) is 11.5 Å². The fourth-order valence-corrected chi connectivity index (χ4v) is 1.67. The van der Waals surface area contributed by atoms with Crippen LogP contribution in [0.1, 0.15) is 12.0 Å². The van der Waals surface area contributed by atoms with Crippen molar-refractivity contribution in [1.29, 1.82) is 5.26 Å². The molecule has 0 aromatic heterocycles. The summed E-state index contributed by atoms with van der Waals surface area (Å²) in [6.07, 6.45) is 1.01. The van der Waals surface area contributed by atoms with Crippen molar-refractivity contribution in [3.63, 3.8) is 0 Å². The van der Waals surface area contributed by atoms with Crippen molar-refractivity contribution in [2.75, 3.05) is 20.8 Å². The highest BCUT2D eigenvalue weighted by atomic mass is 16.5. The Morgan fingerprint density at radius 3 is 2.53 bits per heavy atom. The van der Waals surface area contributed by atoms with Crippen LogP contribution in [-0.4, -0.2) is 25.9 Å². The molecule has 0 aliphatic heterocycles. The lowest BCUT2D eigenvalue weighted by atomic mass is 9.97. The third-order valence-corrected chi connectivity index (χ3v) is 2.61. The van der Waals surface area contributed by atoms with Crippen molar-refractivity contribution in [3.05, 3.63) is 23.8 Å². The average molecular weight is 235 g/mol. The Labute approximate surface area is 101 Å². The van der Waals surface area contributed by atoms with E-state index in [4.69, 9.17) is 19.8 Å². The zero-order valence-corrected chi connectivity index (χ0v) is 10.1. The van der Waals surface area contributed by atoms with E-state index in [1.54, 1.807) is 14.2 Å². The van der Waals surface area contributed by atoms with Gasteiger partial charge in [-0.3, -0.25) is 0 Å². The molecule has 4 nitrogen and oxygen atoms in total. The SMILES string of the molecule is COc1ccc(C[C@@H](CO)CC#N)cc1OC. The lowest BCUT2D eigenvalue weighted by Crippen LogP contribution is -2.09. The Kier molecular flexibility index (Phi) is 5.31. The molecule has 0 fully saturated rings. The van der Waals surface area contributed by atoms with Gasteiger partial charge in [-0.25, -0.2) is 0 Å². The summed E-state index contributed by atoms with van der Waals surface area (Å²) in [5, 5.41) is 17.8. The van der Waals surface area contributed by atoms with Gasteiger partial charge in [0, 0.05) is 13.0 Å². The molecule has 1 rings (SSSR count). The first-order valence-electron chi connectivity index (χ1n) is 5.43. The maximum atomic E-state index is 9.14. The van der Waals surface area contributed by atoms with Gasteiger partial charge in [-0.15, -0.1) is 0 Å². The lowest BCUT2D eigenvalue weighted by Gasteiger charge is -2.13. The summed E-state index contributed by atoms with van der Waals surface area (Å²) in [5.74, 6) is 1.31. The average Bonchev–Trinajstić information content (AvgIpc) is 2.38. The second-order valence-electron chi connectivity index (χ2n) is 3.80. The molecule has 1 aromatic carbocycles. The van der Waals surface area contributed by atoms with Crippen LogP contribution < -0.4 is 9.47 Å². The maximum absolute atomic E-state index is 9.14. The van der Waals surface area contributed by atoms with Gasteiger partial charge in [-0.2, -0.15) is 5.26 Å². The number of ether oxygens (including phenoxy) is 2. The molecule has 0 unspecified atom stereocenters. The number of benzene rings is 1. The predicted octanol–water partition coefficient (Wildman–Crippen LogP) is 1.77. The highest BCUT2D eigenvalue weighted by molar-refractivity contribution is 5.43. The number of nitriles is 1. The third-order valence-electron chi connectivity index (χ3n) is 2.61. The Morgan fingerprint density at radius 1 is 1.29 bits per heavy atom. The zero-order chi connectivity index (χ0) is 12.7.